The van der Waals surface area contributed by atoms with Crippen LogP contribution in [0.1, 0.15) is 32.6 Å². The van der Waals surface area contributed by atoms with Crippen LogP contribution >= 0.6 is 27.5 Å². The minimum atomic E-state index is -0.841. The zero-order valence-corrected chi connectivity index (χ0v) is 15.2. The molecule has 126 valence electrons. The molecule has 0 unspecified atom stereocenters. The van der Waals surface area contributed by atoms with Gasteiger partial charge in [0.05, 0.1) is 5.02 Å². The molecule has 1 aliphatic carbocycles. The van der Waals surface area contributed by atoms with Crippen molar-refractivity contribution in [1.82, 2.24) is 5.32 Å². The molecule has 7 heteroatoms. The Morgan fingerprint density at radius 2 is 2.09 bits per heavy atom. The molecule has 5 nitrogen and oxygen atoms in total. The Kier molecular flexibility index (Phi) is 6.72. The molecule has 1 aromatic carbocycles. The summed E-state index contributed by atoms with van der Waals surface area (Å²) in [5, 5.41) is 3.28. The van der Waals surface area contributed by atoms with Crippen molar-refractivity contribution in [2.75, 3.05) is 6.61 Å². The van der Waals surface area contributed by atoms with Crippen molar-refractivity contribution >= 4 is 39.4 Å². The highest BCUT2D eigenvalue weighted by Gasteiger charge is 2.23. The molecule has 0 aromatic heterocycles. The van der Waals surface area contributed by atoms with Crippen LogP contribution in [0.2, 0.25) is 5.02 Å². The number of nitrogens with one attached hydrogen (secondary N) is 1. The first-order valence-corrected chi connectivity index (χ1v) is 8.70. The molecular weight excluding hydrogens is 386 g/mol. The normalized spacial score (nSPS) is 16.0. The van der Waals surface area contributed by atoms with E-state index in [2.05, 4.69) is 21.2 Å². The maximum atomic E-state index is 11.9. The Hall–Kier alpha value is -1.27. The molecule has 0 saturated heterocycles. The van der Waals surface area contributed by atoms with E-state index in [0.29, 0.717) is 10.8 Å². The van der Waals surface area contributed by atoms with Crippen molar-refractivity contribution in [1.29, 1.82) is 0 Å². The fraction of sp³-hybridized carbons (Fsp3) is 0.500. The van der Waals surface area contributed by atoms with E-state index < -0.39 is 12.1 Å². The van der Waals surface area contributed by atoms with Crippen LogP contribution in [0.3, 0.4) is 0 Å². The van der Waals surface area contributed by atoms with Gasteiger partial charge in [-0.25, -0.2) is 4.79 Å². The van der Waals surface area contributed by atoms with Gasteiger partial charge >= 0.3 is 5.97 Å². The Balaban J connectivity index is 1.75. The van der Waals surface area contributed by atoms with Crippen LogP contribution in [0.5, 0.6) is 5.75 Å². The van der Waals surface area contributed by atoms with Gasteiger partial charge < -0.3 is 14.8 Å². The lowest BCUT2D eigenvalue weighted by molar-refractivity contribution is -0.156. The van der Waals surface area contributed by atoms with Gasteiger partial charge in [-0.3, -0.25) is 4.79 Å². The summed E-state index contributed by atoms with van der Waals surface area (Å²) in [6.45, 7) is 1.25. The van der Waals surface area contributed by atoms with Gasteiger partial charge in [-0.05, 0) is 38.0 Å². The predicted molar refractivity (Wildman–Crippen MR) is 90.6 cm³/mol. The molecule has 2 rings (SSSR count). The topological polar surface area (TPSA) is 64.6 Å². The van der Waals surface area contributed by atoms with E-state index in [9.17, 15) is 9.59 Å². The summed E-state index contributed by atoms with van der Waals surface area (Å²) in [5.74, 6) is -0.500. The number of ether oxygens (including phenoxy) is 2. The third-order valence-corrected chi connectivity index (χ3v) is 4.41. The molecule has 1 aromatic rings. The third kappa shape index (κ3) is 5.70. The zero-order chi connectivity index (χ0) is 16.8. The van der Waals surface area contributed by atoms with Crippen molar-refractivity contribution in [3.8, 4) is 5.75 Å². The van der Waals surface area contributed by atoms with Crippen molar-refractivity contribution in [2.24, 2.45) is 0 Å². The monoisotopic (exact) mass is 403 g/mol. The zero-order valence-electron chi connectivity index (χ0n) is 12.8. The number of esters is 1. The van der Waals surface area contributed by atoms with Crippen LogP contribution in [0.25, 0.3) is 0 Å². The smallest absolute Gasteiger partial charge is 0.344 e. The summed E-state index contributed by atoms with van der Waals surface area (Å²) in [6.07, 6.45) is 3.38. The average Bonchev–Trinajstić information content (AvgIpc) is 2.99. The maximum absolute atomic E-state index is 11.9. The molecule has 1 amide bonds. The molecule has 1 atom stereocenters. The van der Waals surface area contributed by atoms with Crippen LogP contribution in [0, 0.1) is 0 Å². The first-order valence-electron chi connectivity index (χ1n) is 7.53. The number of halogens is 2. The van der Waals surface area contributed by atoms with Gasteiger partial charge in [0.1, 0.15) is 5.75 Å². The van der Waals surface area contributed by atoms with E-state index in [4.69, 9.17) is 21.1 Å². The number of hydrogen-bond acceptors (Lipinski definition) is 4. The van der Waals surface area contributed by atoms with Crippen LogP contribution in [0.15, 0.2) is 22.7 Å². The van der Waals surface area contributed by atoms with Gasteiger partial charge in [0.25, 0.3) is 5.91 Å². The van der Waals surface area contributed by atoms with Gasteiger partial charge in [-0.15, -0.1) is 0 Å². The second-order valence-electron chi connectivity index (χ2n) is 5.49. The molecule has 1 fully saturated rings. The number of carbonyl (C=O) groups excluding carboxylic acids is 2. The minimum Gasteiger partial charge on any atom is -0.480 e. The van der Waals surface area contributed by atoms with Gasteiger partial charge in [-0.1, -0.05) is 40.4 Å². The summed E-state index contributed by atoms with van der Waals surface area (Å²) in [5.41, 5.74) is 0. The van der Waals surface area contributed by atoms with Crippen molar-refractivity contribution < 1.29 is 19.1 Å². The molecular formula is C16H19BrClNO4. The van der Waals surface area contributed by atoms with Gasteiger partial charge in [0.15, 0.2) is 12.7 Å². The SMILES string of the molecule is C[C@@H](OC(=O)COc1ccc(Br)cc1Cl)C(=O)NC1CCCC1. The quantitative estimate of drug-likeness (QED) is 0.737. The standard InChI is InChI=1S/C16H19BrClNO4/c1-10(16(21)19-12-4-2-3-5-12)23-15(20)9-22-14-7-6-11(17)8-13(14)18/h6-8,10,12H,2-5,9H2,1H3,(H,19,21)/t10-/m1/s1. The first-order chi connectivity index (χ1) is 11.0. The highest BCUT2D eigenvalue weighted by atomic mass is 79.9. The molecule has 0 spiro atoms. The van der Waals surface area contributed by atoms with E-state index in [1.54, 1.807) is 25.1 Å². The highest BCUT2D eigenvalue weighted by Crippen LogP contribution is 2.27. The summed E-state index contributed by atoms with van der Waals surface area (Å²) in [7, 11) is 0. The second kappa shape index (κ2) is 8.55. The van der Waals surface area contributed by atoms with Crippen LogP contribution in [0.4, 0.5) is 0 Å². The second-order valence-corrected chi connectivity index (χ2v) is 6.81. The van der Waals surface area contributed by atoms with Gasteiger partial charge in [-0.2, -0.15) is 0 Å². The molecule has 1 N–H and O–H groups in total. The summed E-state index contributed by atoms with van der Waals surface area (Å²) >= 11 is 9.28. The van der Waals surface area contributed by atoms with E-state index >= 15 is 0 Å². The lowest BCUT2D eigenvalue weighted by Crippen LogP contribution is -2.41. The van der Waals surface area contributed by atoms with Crippen molar-refractivity contribution in [3.05, 3.63) is 27.7 Å². The number of rotatable bonds is 6. The molecule has 0 heterocycles. The van der Waals surface area contributed by atoms with Crippen LogP contribution in [-0.2, 0) is 14.3 Å². The van der Waals surface area contributed by atoms with Crippen LogP contribution < -0.4 is 10.1 Å². The number of hydrogen-bond donors (Lipinski definition) is 1. The van der Waals surface area contributed by atoms with Crippen molar-refractivity contribution in [3.63, 3.8) is 0 Å². The average molecular weight is 405 g/mol. The summed E-state index contributed by atoms with van der Waals surface area (Å²) < 4.78 is 11.2. The predicted octanol–water partition coefficient (Wildman–Crippen LogP) is 3.47. The van der Waals surface area contributed by atoms with E-state index in [-0.39, 0.29) is 18.6 Å². The summed E-state index contributed by atoms with van der Waals surface area (Å²) in [6, 6.07) is 5.27. The fourth-order valence-electron chi connectivity index (χ4n) is 2.40. The Bertz CT molecular complexity index is 575. The van der Waals surface area contributed by atoms with Gasteiger partial charge in [0.2, 0.25) is 0 Å². The van der Waals surface area contributed by atoms with Gasteiger partial charge in [0, 0.05) is 10.5 Å². The molecule has 0 bridgehead atoms. The Morgan fingerprint density at radius 1 is 1.39 bits per heavy atom. The molecule has 0 aliphatic heterocycles. The largest absolute Gasteiger partial charge is 0.480 e. The van der Waals surface area contributed by atoms with Crippen LogP contribution in [-0.4, -0.2) is 30.6 Å². The number of carbonyl (C=O) groups is 2. The van der Waals surface area contributed by atoms with E-state index in [1.165, 1.54) is 0 Å². The maximum Gasteiger partial charge on any atom is 0.344 e. The summed E-state index contributed by atoms with van der Waals surface area (Å²) in [4.78, 5) is 23.7. The minimum absolute atomic E-state index is 0.196. The molecule has 0 radical (unpaired) electrons. The number of amides is 1. The van der Waals surface area contributed by atoms with E-state index in [0.717, 1.165) is 30.2 Å². The molecule has 1 aliphatic rings. The lowest BCUT2D eigenvalue weighted by Gasteiger charge is -2.17. The molecule has 1 saturated carbocycles. The molecule has 23 heavy (non-hydrogen) atoms. The highest BCUT2D eigenvalue weighted by molar-refractivity contribution is 9.10. The van der Waals surface area contributed by atoms with E-state index in [1.807, 2.05) is 0 Å². The van der Waals surface area contributed by atoms with Crippen molar-refractivity contribution in [2.45, 2.75) is 44.8 Å². The fourth-order valence-corrected chi connectivity index (χ4v) is 3.13. The number of benzene rings is 1. The Morgan fingerprint density at radius 3 is 2.74 bits per heavy atom. The Labute approximate surface area is 148 Å². The lowest BCUT2D eigenvalue weighted by atomic mass is 10.2. The third-order valence-electron chi connectivity index (χ3n) is 3.62. The first kappa shape index (κ1) is 18.1.